The van der Waals surface area contributed by atoms with E-state index in [-0.39, 0.29) is 23.3 Å². The monoisotopic (exact) mass is 440 g/mol. The molecule has 0 bridgehead atoms. The van der Waals surface area contributed by atoms with Gasteiger partial charge in [0.2, 0.25) is 0 Å². The molecule has 0 radical (unpaired) electrons. The highest BCUT2D eigenvalue weighted by Gasteiger charge is 2.25. The zero-order chi connectivity index (χ0) is 23.3. The molecule has 1 saturated carbocycles. The Morgan fingerprint density at radius 3 is 2.28 bits per heavy atom. The fraction of sp³-hybridized carbons (Fsp3) is 0.259. The van der Waals surface area contributed by atoms with Crippen molar-refractivity contribution in [2.24, 2.45) is 0 Å². The molecular weight excluding hydrogens is 413 g/mol. The van der Waals surface area contributed by atoms with Crippen LogP contribution >= 0.6 is 0 Å². The summed E-state index contributed by atoms with van der Waals surface area (Å²) in [6.07, 6.45) is 6.77. The first kappa shape index (κ1) is 23.6. The molecule has 0 spiro atoms. The number of hydrogen-bond acceptors (Lipinski definition) is 2. The second-order valence-electron chi connectivity index (χ2n) is 7.99. The summed E-state index contributed by atoms with van der Waals surface area (Å²) in [4.78, 5) is 0. The summed E-state index contributed by atoms with van der Waals surface area (Å²) in [7, 11) is 1.33. The topological polar surface area (TPSA) is 29.5 Å². The smallest absolute Gasteiger partial charge is 0.166 e. The Hall–Kier alpha value is -3.05. The summed E-state index contributed by atoms with van der Waals surface area (Å²) >= 11 is 0. The normalized spacial score (nSPS) is 19.2. The molecule has 1 N–H and O–H groups in total. The van der Waals surface area contributed by atoms with Crippen molar-refractivity contribution in [2.45, 2.75) is 37.7 Å². The molecule has 32 heavy (non-hydrogen) atoms. The first-order chi connectivity index (χ1) is 15.3. The van der Waals surface area contributed by atoms with Crippen molar-refractivity contribution in [3.8, 4) is 11.1 Å². The number of halogens is 3. The summed E-state index contributed by atoms with van der Waals surface area (Å²) in [5.74, 6) is -2.42. The van der Waals surface area contributed by atoms with E-state index in [1.165, 1.54) is 13.2 Å². The molecule has 2 aromatic carbocycles. The number of aliphatic hydroxyl groups excluding tert-OH is 1. The molecule has 2 nitrogen and oxygen atoms in total. The predicted molar refractivity (Wildman–Crippen MR) is 123 cm³/mol. The van der Waals surface area contributed by atoms with E-state index in [1.54, 1.807) is 48.6 Å². The Balaban J connectivity index is 1.74. The maximum atomic E-state index is 14.8. The van der Waals surface area contributed by atoms with Gasteiger partial charge < -0.3 is 9.84 Å². The fourth-order valence-corrected chi connectivity index (χ4v) is 3.86. The third kappa shape index (κ3) is 5.60. The molecule has 168 valence electrons. The highest BCUT2D eigenvalue weighted by molar-refractivity contribution is 5.67. The van der Waals surface area contributed by atoms with Gasteiger partial charge in [0.05, 0.1) is 13.2 Å². The number of hydrogen-bond donors (Lipinski definition) is 1. The number of methoxy groups -OCH3 is 1. The van der Waals surface area contributed by atoms with Crippen LogP contribution in [0, 0.1) is 11.6 Å². The van der Waals surface area contributed by atoms with Gasteiger partial charge in [0.25, 0.3) is 0 Å². The lowest BCUT2D eigenvalue weighted by atomic mass is 9.82. The minimum Gasteiger partial charge on any atom is -0.494 e. The molecule has 1 aliphatic carbocycles. The Labute approximate surface area is 187 Å². The van der Waals surface area contributed by atoms with Crippen LogP contribution < -0.4 is 0 Å². The lowest BCUT2D eigenvalue weighted by Gasteiger charge is -2.26. The first-order valence-electron chi connectivity index (χ1n) is 10.5. The summed E-state index contributed by atoms with van der Waals surface area (Å²) in [6.45, 7) is 7.19. The number of benzene rings is 2. The van der Waals surface area contributed by atoms with E-state index >= 15 is 0 Å². The number of rotatable bonds is 7. The van der Waals surface area contributed by atoms with Gasteiger partial charge in [0, 0.05) is 5.56 Å². The van der Waals surface area contributed by atoms with Crippen LogP contribution in [0.3, 0.4) is 0 Å². The molecule has 0 saturated heterocycles. The van der Waals surface area contributed by atoms with Crippen LogP contribution in [-0.2, 0) is 4.74 Å². The first-order valence-corrected chi connectivity index (χ1v) is 10.5. The van der Waals surface area contributed by atoms with Gasteiger partial charge in [0.1, 0.15) is 5.76 Å². The zero-order valence-electron chi connectivity index (χ0n) is 18.1. The minimum atomic E-state index is -0.857. The van der Waals surface area contributed by atoms with E-state index in [1.807, 2.05) is 0 Å². The average Bonchev–Trinajstić information content (AvgIpc) is 2.80. The van der Waals surface area contributed by atoms with Gasteiger partial charge in [-0.2, -0.15) is 0 Å². The summed E-state index contributed by atoms with van der Waals surface area (Å²) in [5.41, 5.74) is 2.36. The Kier molecular flexibility index (Phi) is 7.75. The number of ether oxygens (including phenoxy) is 1. The molecule has 0 amide bonds. The Morgan fingerprint density at radius 2 is 1.66 bits per heavy atom. The van der Waals surface area contributed by atoms with Crippen molar-refractivity contribution >= 4 is 6.08 Å². The van der Waals surface area contributed by atoms with Crippen LogP contribution in [0.1, 0.15) is 42.7 Å². The third-order valence-electron chi connectivity index (χ3n) is 5.79. The van der Waals surface area contributed by atoms with Crippen molar-refractivity contribution in [3.05, 3.63) is 102 Å². The summed E-state index contributed by atoms with van der Waals surface area (Å²) < 4.78 is 48.1. The molecule has 0 unspecified atom stereocenters. The van der Waals surface area contributed by atoms with Gasteiger partial charge >= 0.3 is 0 Å². The molecule has 0 atom stereocenters. The van der Waals surface area contributed by atoms with Crippen LogP contribution in [0.2, 0.25) is 0 Å². The molecule has 1 fully saturated rings. The molecular formula is C27H27F3O2. The Bertz CT molecular complexity index is 1040. The number of aliphatic hydroxyl groups is 1. The van der Waals surface area contributed by atoms with Gasteiger partial charge in [-0.3, -0.25) is 0 Å². The van der Waals surface area contributed by atoms with Gasteiger partial charge in [0.15, 0.2) is 17.5 Å². The maximum absolute atomic E-state index is 14.8. The van der Waals surface area contributed by atoms with E-state index < -0.39 is 17.5 Å². The average molecular weight is 441 g/mol. The maximum Gasteiger partial charge on any atom is 0.166 e. The van der Waals surface area contributed by atoms with Gasteiger partial charge in [-0.05, 0) is 59.9 Å². The van der Waals surface area contributed by atoms with Crippen molar-refractivity contribution < 1.29 is 23.0 Å². The van der Waals surface area contributed by atoms with Crippen LogP contribution in [0.25, 0.3) is 17.2 Å². The molecule has 0 aliphatic heterocycles. The van der Waals surface area contributed by atoms with Crippen molar-refractivity contribution in [1.29, 1.82) is 0 Å². The van der Waals surface area contributed by atoms with Crippen molar-refractivity contribution in [1.82, 2.24) is 0 Å². The van der Waals surface area contributed by atoms with E-state index in [2.05, 4.69) is 13.2 Å². The quantitative estimate of drug-likeness (QED) is 0.363. The fourth-order valence-electron chi connectivity index (χ4n) is 3.86. The van der Waals surface area contributed by atoms with Crippen LogP contribution in [0.4, 0.5) is 13.2 Å². The van der Waals surface area contributed by atoms with Crippen LogP contribution in [-0.4, -0.2) is 18.3 Å². The third-order valence-corrected chi connectivity index (χ3v) is 5.79. The Morgan fingerprint density at radius 1 is 1.00 bits per heavy atom. The SMILES string of the molecule is C=C(/C=C/c1ccc(-c2ccc(C3CCC(O)CC3)c(F)c2F)cc1)/C=C(/F)C(=C)OC. The molecule has 5 heteroatoms. The molecule has 0 aromatic heterocycles. The lowest BCUT2D eigenvalue weighted by molar-refractivity contribution is 0.122. The summed E-state index contributed by atoms with van der Waals surface area (Å²) in [6, 6.07) is 10.2. The molecule has 3 rings (SSSR count). The van der Waals surface area contributed by atoms with E-state index in [9.17, 15) is 18.3 Å². The predicted octanol–water partition coefficient (Wildman–Crippen LogP) is 7.23. The molecule has 2 aromatic rings. The van der Waals surface area contributed by atoms with Crippen LogP contribution in [0.15, 0.2) is 78.9 Å². The largest absolute Gasteiger partial charge is 0.494 e. The second-order valence-corrected chi connectivity index (χ2v) is 7.99. The highest BCUT2D eigenvalue weighted by atomic mass is 19.2. The summed E-state index contributed by atoms with van der Waals surface area (Å²) in [5, 5.41) is 9.65. The van der Waals surface area contributed by atoms with E-state index in [4.69, 9.17) is 4.74 Å². The van der Waals surface area contributed by atoms with Crippen molar-refractivity contribution in [2.75, 3.05) is 7.11 Å². The highest BCUT2D eigenvalue weighted by Crippen LogP contribution is 2.37. The van der Waals surface area contributed by atoms with Crippen LogP contribution in [0.5, 0.6) is 0 Å². The van der Waals surface area contributed by atoms with E-state index in [0.29, 0.717) is 42.4 Å². The van der Waals surface area contributed by atoms with Gasteiger partial charge in [-0.1, -0.05) is 61.7 Å². The van der Waals surface area contributed by atoms with Gasteiger partial charge in [-0.15, -0.1) is 0 Å². The van der Waals surface area contributed by atoms with Crippen molar-refractivity contribution in [3.63, 3.8) is 0 Å². The molecule has 0 heterocycles. The van der Waals surface area contributed by atoms with Gasteiger partial charge in [-0.25, -0.2) is 13.2 Å². The number of allylic oxidation sites excluding steroid dienone is 4. The molecule has 1 aliphatic rings. The lowest BCUT2D eigenvalue weighted by Crippen LogP contribution is -2.18. The van der Waals surface area contributed by atoms with E-state index in [0.717, 1.165) is 5.56 Å². The standard InChI is InChI=1S/C27H27F3O2/c1-17(16-25(28)18(2)32-3)4-5-19-6-8-20(9-7-19)23-14-15-24(27(30)26(23)29)21-10-12-22(31)13-11-21/h4-9,14-16,21-22,31H,1-2,10-13H2,3H3/b5-4+,25-16+. The minimum absolute atomic E-state index is 0.0671. The zero-order valence-corrected chi connectivity index (χ0v) is 18.1. The second kappa shape index (κ2) is 10.5.